The number of likely N-dealkylation sites (tertiary alicyclic amines) is 1. The smallest absolute Gasteiger partial charge is 0.319 e. The van der Waals surface area contributed by atoms with E-state index in [4.69, 9.17) is 4.74 Å². The van der Waals surface area contributed by atoms with Crippen molar-refractivity contribution in [2.75, 3.05) is 25.0 Å². The lowest BCUT2D eigenvalue weighted by molar-refractivity contribution is -0.128. The van der Waals surface area contributed by atoms with E-state index >= 15 is 0 Å². The number of benzene rings is 1. The summed E-state index contributed by atoms with van der Waals surface area (Å²) >= 11 is 0. The van der Waals surface area contributed by atoms with Crippen molar-refractivity contribution in [2.24, 2.45) is 0 Å². The Balaban J connectivity index is 1.52. The van der Waals surface area contributed by atoms with Crippen LogP contribution in [0.15, 0.2) is 48.7 Å². The van der Waals surface area contributed by atoms with Gasteiger partial charge >= 0.3 is 6.03 Å². The molecule has 2 heterocycles. The minimum atomic E-state index is -0.438. The van der Waals surface area contributed by atoms with Gasteiger partial charge < -0.3 is 20.3 Å². The summed E-state index contributed by atoms with van der Waals surface area (Å²) in [5, 5.41) is 5.33. The standard InChI is InChI=1S/C19H22N4O3/c24-18(23-11-5-6-12-23)13-21-19(25)22-16-8-1-2-9-17(16)26-14-15-7-3-4-10-20-15/h1-4,7-10H,5-6,11-14H2,(H2,21,22,25). The lowest BCUT2D eigenvalue weighted by Crippen LogP contribution is -2.40. The number of ether oxygens (including phenoxy) is 1. The molecule has 1 aliphatic rings. The molecule has 2 aromatic rings. The van der Waals surface area contributed by atoms with Gasteiger partial charge in [0, 0.05) is 19.3 Å². The summed E-state index contributed by atoms with van der Waals surface area (Å²) in [6.07, 6.45) is 3.76. The molecule has 0 saturated carbocycles. The largest absolute Gasteiger partial charge is 0.485 e. The number of amides is 3. The van der Waals surface area contributed by atoms with Gasteiger partial charge in [-0.1, -0.05) is 18.2 Å². The molecule has 0 spiro atoms. The van der Waals surface area contributed by atoms with Crippen molar-refractivity contribution >= 4 is 17.6 Å². The second kappa shape index (κ2) is 8.84. The highest BCUT2D eigenvalue weighted by Crippen LogP contribution is 2.24. The van der Waals surface area contributed by atoms with Crippen molar-refractivity contribution < 1.29 is 14.3 Å². The van der Waals surface area contributed by atoms with Crippen LogP contribution in [0.3, 0.4) is 0 Å². The molecular weight excluding hydrogens is 332 g/mol. The quantitative estimate of drug-likeness (QED) is 0.834. The molecule has 7 heteroatoms. The summed E-state index contributed by atoms with van der Waals surface area (Å²) in [7, 11) is 0. The molecule has 0 atom stereocenters. The van der Waals surface area contributed by atoms with E-state index in [1.54, 1.807) is 29.3 Å². The van der Waals surface area contributed by atoms with Crippen molar-refractivity contribution in [3.8, 4) is 5.75 Å². The maximum absolute atomic E-state index is 12.1. The van der Waals surface area contributed by atoms with Crippen LogP contribution in [0.4, 0.5) is 10.5 Å². The summed E-state index contributed by atoms with van der Waals surface area (Å²) in [6.45, 7) is 1.83. The Morgan fingerprint density at radius 1 is 1.08 bits per heavy atom. The Morgan fingerprint density at radius 3 is 2.62 bits per heavy atom. The van der Waals surface area contributed by atoms with Gasteiger partial charge in [0.1, 0.15) is 12.4 Å². The van der Waals surface area contributed by atoms with Gasteiger partial charge in [-0.3, -0.25) is 9.78 Å². The summed E-state index contributed by atoms with van der Waals surface area (Å²) in [6, 6.07) is 12.3. The third kappa shape index (κ3) is 4.95. The fourth-order valence-corrected chi connectivity index (χ4v) is 2.73. The lowest BCUT2D eigenvalue weighted by atomic mass is 10.3. The molecule has 0 radical (unpaired) electrons. The van der Waals surface area contributed by atoms with Crippen molar-refractivity contribution in [2.45, 2.75) is 19.4 Å². The predicted octanol–water partition coefficient (Wildman–Crippen LogP) is 2.40. The van der Waals surface area contributed by atoms with Crippen molar-refractivity contribution in [1.82, 2.24) is 15.2 Å². The number of aromatic nitrogens is 1. The molecule has 1 saturated heterocycles. The monoisotopic (exact) mass is 354 g/mol. The van der Waals surface area contributed by atoms with Crippen LogP contribution in [0.2, 0.25) is 0 Å². The van der Waals surface area contributed by atoms with Crippen LogP contribution in [-0.2, 0) is 11.4 Å². The molecule has 1 aromatic heterocycles. The van der Waals surface area contributed by atoms with Gasteiger partial charge in [0.05, 0.1) is 17.9 Å². The normalized spacial score (nSPS) is 13.3. The van der Waals surface area contributed by atoms with Gasteiger partial charge in [-0.15, -0.1) is 0 Å². The Morgan fingerprint density at radius 2 is 1.85 bits per heavy atom. The minimum Gasteiger partial charge on any atom is -0.485 e. The molecule has 0 unspecified atom stereocenters. The Kier molecular flexibility index (Phi) is 6.03. The number of hydrogen-bond donors (Lipinski definition) is 2. The van der Waals surface area contributed by atoms with Gasteiger partial charge in [-0.05, 0) is 37.1 Å². The molecule has 3 amide bonds. The van der Waals surface area contributed by atoms with E-state index in [-0.39, 0.29) is 12.5 Å². The van der Waals surface area contributed by atoms with Crippen molar-refractivity contribution in [1.29, 1.82) is 0 Å². The number of nitrogens with one attached hydrogen (secondary N) is 2. The summed E-state index contributed by atoms with van der Waals surface area (Å²) in [5.74, 6) is 0.483. The molecular formula is C19H22N4O3. The van der Waals surface area contributed by atoms with Crippen LogP contribution >= 0.6 is 0 Å². The van der Waals surface area contributed by atoms with Gasteiger partial charge in [0.25, 0.3) is 0 Å². The molecule has 3 rings (SSSR count). The molecule has 7 nitrogen and oxygen atoms in total. The fraction of sp³-hybridized carbons (Fsp3) is 0.316. The van der Waals surface area contributed by atoms with E-state index in [1.807, 2.05) is 24.3 Å². The number of carbonyl (C=O) groups is 2. The summed E-state index contributed by atoms with van der Waals surface area (Å²) in [4.78, 5) is 30.0. The zero-order chi connectivity index (χ0) is 18.2. The van der Waals surface area contributed by atoms with Crippen molar-refractivity contribution in [3.05, 3.63) is 54.4 Å². The van der Waals surface area contributed by atoms with Crippen LogP contribution in [0.25, 0.3) is 0 Å². The highest BCUT2D eigenvalue weighted by atomic mass is 16.5. The van der Waals surface area contributed by atoms with E-state index in [0.29, 0.717) is 18.0 Å². The van der Waals surface area contributed by atoms with E-state index in [1.165, 1.54) is 0 Å². The molecule has 0 aliphatic carbocycles. The highest BCUT2D eigenvalue weighted by Gasteiger charge is 2.18. The summed E-state index contributed by atoms with van der Waals surface area (Å²) < 4.78 is 5.75. The molecule has 1 fully saturated rings. The summed E-state index contributed by atoms with van der Waals surface area (Å²) in [5.41, 5.74) is 1.33. The number of hydrogen-bond acceptors (Lipinski definition) is 4. The number of urea groups is 1. The molecule has 26 heavy (non-hydrogen) atoms. The molecule has 2 N–H and O–H groups in total. The average molecular weight is 354 g/mol. The third-order valence-electron chi connectivity index (χ3n) is 4.10. The molecule has 136 valence electrons. The zero-order valence-electron chi connectivity index (χ0n) is 14.5. The second-order valence-electron chi connectivity index (χ2n) is 6.00. The lowest BCUT2D eigenvalue weighted by Gasteiger charge is -2.16. The number of carbonyl (C=O) groups excluding carboxylic acids is 2. The first-order chi connectivity index (χ1) is 12.7. The Bertz CT molecular complexity index is 745. The van der Waals surface area contributed by atoms with E-state index in [9.17, 15) is 9.59 Å². The number of para-hydroxylation sites is 2. The topological polar surface area (TPSA) is 83.6 Å². The van der Waals surface area contributed by atoms with Crippen LogP contribution in [0.1, 0.15) is 18.5 Å². The van der Waals surface area contributed by atoms with E-state index in [2.05, 4.69) is 15.6 Å². The zero-order valence-corrected chi connectivity index (χ0v) is 14.5. The van der Waals surface area contributed by atoms with Crippen LogP contribution < -0.4 is 15.4 Å². The second-order valence-corrected chi connectivity index (χ2v) is 6.00. The van der Waals surface area contributed by atoms with Crippen LogP contribution in [-0.4, -0.2) is 41.5 Å². The average Bonchev–Trinajstić information content (AvgIpc) is 3.21. The van der Waals surface area contributed by atoms with Crippen LogP contribution in [0.5, 0.6) is 5.75 Å². The predicted molar refractivity (Wildman–Crippen MR) is 97.8 cm³/mol. The minimum absolute atomic E-state index is 0.0111. The molecule has 1 aliphatic heterocycles. The SMILES string of the molecule is O=C(NCC(=O)N1CCCC1)Nc1ccccc1OCc1ccccn1. The number of nitrogens with zero attached hydrogens (tertiary/aromatic N) is 2. The number of pyridine rings is 1. The van der Waals surface area contributed by atoms with Gasteiger partial charge in [0.15, 0.2) is 0 Å². The highest BCUT2D eigenvalue weighted by molar-refractivity contribution is 5.93. The Labute approximate surface area is 152 Å². The first kappa shape index (κ1) is 17.7. The van der Waals surface area contributed by atoms with Gasteiger partial charge in [-0.25, -0.2) is 4.79 Å². The number of anilines is 1. The first-order valence-electron chi connectivity index (χ1n) is 8.67. The van der Waals surface area contributed by atoms with Crippen LogP contribution in [0, 0.1) is 0 Å². The Hall–Kier alpha value is -3.09. The first-order valence-corrected chi connectivity index (χ1v) is 8.67. The molecule has 1 aromatic carbocycles. The van der Waals surface area contributed by atoms with Gasteiger partial charge in [0.2, 0.25) is 5.91 Å². The number of rotatable bonds is 6. The van der Waals surface area contributed by atoms with E-state index < -0.39 is 6.03 Å². The third-order valence-corrected chi connectivity index (χ3v) is 4.10. The van der Waals surface area contributed by atoms with Gasteiger partial charge in [-0.2, -0.15) is 0 Å². The van der Waals surface area contributed by atoms with Crippen molar-refractivity contribution in [3.63, 3.8) is 0 Å². The van der Waals surface area contributed by atoms with E-state index in [0.717, 1.165) is 31.6 Å². The maximum atomic E-state index is 12.1. The fourth-order valence-electron chi connectivity index (χ4n) is 2.73. The maximum Gasteiger partial charge on any atom is 0.319 e. The molecule has 0 bridgehead atoms.